The fraction of sp³-hybridized carbons (Fsp3) is 0.154. The van der Waals surface area contributed by atoms with Gasteiger partial charge >= 0.3 is 0 Å². The Balaban J connectivity index is 1.74. The number of carbonyl (C=O) groups is 1. The van der Waals surface area contributed by atoms with Gasteiger partial charge < -0.3 is 9.47 Å². The Morgan fingerprint density at radius 2 is 1.70 bits per heavy atom. The molecule has 1 saturated heterocycles. The van der Waals surface area contributed by atoms with E-state index >= 15 is 0 Å². The maximum absolute atomic E-state index is 13.5. The average molecular weight is 523 g/mol. The van der Waals surface area contributed by atoms with Crippen LogP contribution in [0.2, 0.25) is 0 Å². The molecule has 7 heteroatoms. The highest BCUT2D eigenvalue weighted by Crippen LogP contribution is 2.39. The van der Waals surface area contributed by atoms with Crippen LogP contribution in [0.1, 0.15) is 16.7 Å². The molecule has 33 heavy (non-hydrogen) atoms. The Labute approximate surface area is 206 Å². The second kappa shape index (κ2) is 10.3. The monoisotopic (exact) mass is 522 g/mol. The first-order valence-electron chi connectivity index (χ1n) is 10.3. The molecule has 3 aromatic carbocycles. The van der Waals surface area contributed by atoms with E-state index in [0.717, 1.165) is 26.9 Å². The summed E-state index contributed by atoms with van der Waals surface area (Å²) in [7, 11) is 3.20. The molecule has 168 valence electrons. The van der Waals surface area contributed by atoms with Crippen molar-refractivity contribution in [3.05, 3.63) is 92.8 Å². The quantitative estimate of drug-likeness (QED) is 0.343. The lowest BCUT2D eigenvalue weighted by atomic mass is 10.1. The summed E-state index contributed by atoms with van der Waals surface area (Å²) in [6, 6.07) is 21.5. The molecule has 4 rings (SSSR count). The lowest BCUT2D eigenvalue weighted by Crippen LogP contribution is -2.28. The summed E-state index contributed by atoms with van der Waals surface area (Å²) < 4.78 is 11.7. The van der Waals surface area contributed by atoms with Crippen molar-refractivity contribution in [2.24, 2.45) is 4.99 Å². The third-order valence-corrected chi connectivity index (χ3v) is 6.75. The molecule has 1 aliphatic rings. The number of thioether (sulfide) groups is 1. The molecule has 0 unspecified atom stereocenters. The summed E-state index contributed by atoms with van der Waals surface area (Å²) in [5, 5.41) is 0.644. The zero-order valence-corrected chi connectivity index (χ0v) is 20.9. The number of hydrogen-bond donors (Lipinski definition) is 0. The Hall–Kier alpha value is -3.03. The molecule has 5 nitrogen and oxygen atoms in total. The normalized spacial score (nSPS) is 16.0. The van der Waals surface area contributed by atoms with E-state index in [2.05, 4.69) is 15.9 Å². The molecule has 1 amide bonds. The molecule has 0 aliphatic carbocycles. The van der Waals surface area contributed by atoms with Crippen LogP contribution in [0.15, 0.2) is 81.1 Å². The number of methoxy groups -OCH3 is 2. The molecule has 0 atom stereocenters. The molecule has 0 radical (unpaired) electrons. The number of amides is 1. The number of aliphatic imine (C=N–C) groups is 1. The van der Waals surface area contributed by atoms with Crippen LogP contribution < -0.4 is 9.47 Å². The van der Waals surface area contributed by atoms with Crippen LogP contribution in [0.4, 0.5) is 5.69 Å². The molecule has 0 spiro atoms. The van der Waals surface area contributed by atoms with Crippen LogP contribution in [0.5, 0.6) is 11.5 Å². The second-order valence-electron chi connectivity index (χ2n) is 7.45. The fourth-order valence-electron chi connectivity index (χ4n) is 3.36. The summed E-state index contributed by atoms with van der Waals surface area (Å²) in [6.07, 6.45) is 1.84. The lowest BCUT2D eigenvalue weighted by Gasteiger charge is -2.15. The van der Waals surface area contributed by atoms with Crippen molar-refractivity contribution in [3.63, 3.8) is 0 Å². The van der Waals surface area contributed by atoms with E-state index < -0.39 is 0 Å². The van der Waals surface area contributed by atoms with Gasteiger partial charge in [-0.2, -0.15) is 0 Å². The SMILES string of the molecule is COc1cc(OC)c(/C=C2/SC(=Nc3ccc(C)cc3)N(Cc3ccccc3)C2=O)cc1Br. The molecule has 3 aromatic rings. The van der Waals surface area contributed by atoms with Gasteiger partial charge in [0.2, 0.25) is 0 Å². The van der Waals surface area contributed by atoms with Gasteiger partial charge in [0.1, 0.15) is 11.5 Å². The fourth-order valence-corrected chi connectivity index (χ4v) is 4.88. The highest BCUT2D eigenvalue weighted by Gasteiger charge is 2.33. The lowest BCUT2D eigenvalue weighted by molar-refractivity contribution is -0.122. The summed E-state index contributed by atoms with van der Waals surface area (Å²) in [5.41, 5.74) is 3.78. The van der Waals surface area contributed by atoms with Gasteiger partial charge in [-0.05, 0) is 64.5 Å². The Kier molecular flexibility index (Phi) is 7.20. The maximum Gasteiger partial charge on any atom is 0.267 e. The van der Waals surface area contributed by atoms with Gasteiger partial charge in [0.25, 0.3) is 5.91 Å². The third kappa shape index (κ3) is 5.31. The molecular weight excluding hydrogens is 500 g/mol. The zero-order chi connectivity index (χ0) is 23.4. The predicted octanol–water partition coefficient (Wildman–Crippen LogP) is 6.58. The van der Waals surface area contributed by atoms with Crippen LogP contribution in [-0.2, 0) is 11.3 Å². The summed E-state index contributed by atoms with van der Waals surface area (Å²) in [4.78, 5) is 20.5. The Morgan fingerprint density at radius 1 is 1.00 bits per heavy atom. The average Bonchev–Trinajstić information content (AvgIpc) is 3.10. The number of rotatable bonds is 6. The van der Waals surface area contributed by atoms with E-state index in [0.29, 0.717) is 28.1 Å². The van der Waals surface area contributed by atoms with Gasteiger partial charge in [0.15, 0.2) is 5.17 Å². The smallest absolute Gasteiger partial charge is 0.267 e. The summed E-state index contributed by atoms with van der Waals surface area (Å²) in [5.74, 6) is 1.19. The van der Waals surface area contributed by atoms with Gasteiger partial charge in [-0.25, -0.2) is 4.99 Å². The van der Waals surface area contributed by atoms with Crippen LogP contribution >= 0.6 is 27.7 Å². The number of halogens is 1. The maximum atomic E-state index is 13.5. The number of carbonyl (C=O) groups excluding carboxylic acids is 1. The highest BCUT2D eigenvalue weighted by atomic mass is 79.9. The highest BCUT2D eigenvalue weighted by molar-refractivity contribution is 9.10. The molecule has 1 aliphatic heterocycles. The van der Waals surface area contributed by atoms with Gasteiger partial charge in [0.05, 0.1) is 35.8 Å². The van der Waals surface area contributed by atoms with Gasteiger partial charge in [-0.15, -0.1) is 0 Å². The minimum absolute atomic E-state index is 0.0938. The Bertz CT molecular complexity index is 1220. The molecule has 0 N–H and O–H groups in total. The van der Waals surface area contributed by atoms with Crippen LogP contribution in [0, 0.1) is 6.92 Å². The van der Waals surface area contributed by atoms with E-state index in [9.17, 15) is 4.79 Å². The van der Waals surface area contributed by atoms with Gasteiger partial charge in [-0.1, -0.05) is 48.0 Å². The number of aryl methyl sites for hydroxylation is 1. The van der Waals surface area contributed by atoms with Crippen molar-refractivity contribution < 1.29 is 14.3 Å². The van der Waals surface area contributed by atoms with E-state index in [1.54, 1.807) is 25.2 Å². The van der Waals surface area contributed by atoms with Crippen molar-refractivity contribution in [1.82, 2.24) is 4.90 Å². The van der Waals surface area contributed by atoms with Gasteiger partial charge in [-0.3, -0.25) is 9.69 Å². The molecule has 1 heterocycles. The minimum Gasteiger partial charge on any atom is -0.496 e. The minimum atomic E-state index is -0.0938. The zero-order valence-electron chi connectivity index (χ0n) is 18.5. The van der Waals surface area contributed by atoms with E-state index in [1.807, 2.05) is 73.7 Å². The summed E-state index contributed by atoms with van der Waals surface area (Å²) >= 11 is 4.88. The first-order chi connectivity index (χ1) is 16.0. The van der Waals surface area contributed by atoms with Crippen molar-refractivity contribution in [2.75, 3.05) is 14.2 Å². The topological polar surface area (TPSA) is 51.1 Å². The van der Waals surface area contributed by atoms with Crippen LogP contribution in [0.3, 0.4) is 0 Å². The van der Waals surface area contributed by atoms with Crippen molar-refractivity contribution in [1.29, 1.82) is 0 Å². The number of hydrogen-bond acceptors (Lipinski definition) is 5. The first-order valence-corrected chi connectivity index (χ1v) is 11.9. The van der Waals surface area contributed by atoms with E-state index in [1.165, 1.54) is 11.8 Å². The number of nitrogens with zero attached hydrogens (tertiary/aromatic N) is 2. The van der Waals surface area contributed by atoms with E-state index in [4.69, 9.17) is 14.5 Å². The van der Waals surface area contributed by atoms with Gasteiger partial charge in [0, 0.05) is 11.6 Å². The van der Waals surface area contributed by atoms with Crippen LogP contribution in [-0.4, -0.2) is 30.2 Å². The van der Waals surface area contributed by atoms with Crippen LogP contribution in [0.25, 0.3) is 6.08 Å². The number of amidine groups is 1. The largest absolute Gasteiger partial charge is 0.496 e. The van der Waals surface area contributed by atoms with Crippen molar-refractivity contribution >= 4 is 50.5 Å². The number of ether oxygens (including phenoxy) is 2. The van der Waals surface area contributed by atoms with E-state index in [-0.39, 0.29) is 5.91 Å². The standard InChI is InChI=1S/C26H23BrN2O3S/c1-17-9-11-20(12-10-17)28-26-29(16-18-7-5-4-6-8-18)25(30)24(33-26)14-19-13-21(27)23(32-3)15-22(19)31-2/h4-15H,16H2,1-3H3/b24-14+,28-26?. The Morgan fingerprint density at radius 3 is 2.36 bits per heavy atom. The molecule has 0 saturated carbocycles. The van der Waals surface area contributed by atoms with Crippen molar-refractivity contribution in [2.45, 2.75) is 13.5 Å². The molecule has 0 aromatic heterocycles. The third-order valence-electron chi connectivity index (χ3n) is 5.12. The predicted molar refractivity (Wildman–Crippen MR) is 138 cm³/mol. The number of benzene rings is 3. The second-order valence-corrected chi connectivity index (χ2v) is 9.31. The molecular formula is C26H23BrN2O3S. The molecule has 0 bridgehead atoms. The van der Waals surface area contributed by atoms with Crippen molar-refractivity contribution in [3.8, 4) is 11.5 Å². The first kappa shape index (κ1) is 23.1. The molecule has 1 fully saturated rings. The summed E-state index contributed by atoms with van der Waals surface area (Å²) in [6.45, 7) is 2.48.